The molecular weight excluding hydrogens is 240 g/mol. The van der Waals surface area contributed by atoms with E-state index in [-0.39, 0.29) is 17.7 Å². The topological polar surface area (TPSA) is 122 Å². The number of rotatable bonds is 5. The van der Waals surface area contributed by atoms with Crippen molar-refractivity contribution in [3.8, 4) is 11.5 Å². The smallest absolute Gasteiger partial charge is 0.255 e. The highest BCUT2D eigenvalue weighted by molar-refractivity contribution is 6.02. The predicted molar refractivity (Wildman–Crippen MR) is 62.5 cm³/mol. The number of carbonyl (C=O) groups is 2. The number of nitrogens with one attached hydrogen (secondary N) is 1. The van der Waals surface area contributed by atoms with Crippen molar-refractivity contribution in [2.75, 3.05) is 20.3 Å². The Balaban J connectivity index is 2.94. The van der Waals surface area contributed by atoms with Crippen LogP contribution < -0.4 is 11.1 Å². The number of hydrogen-bond donors (Lipinski definition) is 4. The van der Waals surface area contributed by atoms with Gasteiger partial charge in [-0.15, -0.1) is 0 Å². The van der Waals surface area contributed by atoms with Gasteiger partial charge in [-0.05, 0) is 12.1 Å². The van der Waals surface area contributed by atoms with E-state index in [9.17, 15) is 19.8 Å². The fourth-order valence-corrected chi connectivity index (χ4v) is 1.32. The molecule has 98 valence electrons. The number of phenols is 2. The Hall–Kier alpha value is -2.28. The normalized spacial score (nSPS) is 10.1. The van der Waals surface area contributed by atoms with E-state index in [2.05, 4.69) is 5.32 Å². The van der Waals surface area contributed by atoms with Gasteiger partial charge in [-0.2, -0.15) is 0 Å². The molecule has 0 bridgehead atoms. The number of phenolic OH excluding ortho intramolecular Hbond substituents is 1. The van der Waals surface area contributed by atoms with E-state index in [1.54, 1.807) is 0 Å². The monoisotopic (exact) mass is 254 g/mol. The van der Waals surface area contributed by atoms with Gasteiger partial charge in [0.1, 0.15) is 0 Å². The summed E-state index contributed by atoms with van der Waals surface area (Å²) in [7, 11) is 1.48. The maximum absolute atomic E-state index is 11.6. The molecule has 1 aromatic carbocycles. The average Bonchev–Trinajstić information content (AvgIpc) is 2.32. The van der Waals surface area contributed by atoms with Crippen molar-refractivity contribution in [3.63, 3.8) is 0 Å². The van der Waals surface area contributed by atoms with Gasteiger partial charge in [0, 0.05) is 13.7 Å². The zero-order valence-electron chi connectivity index (χ0n) is 9.77. The summed E-state index contributed by atoms with van der Waals surface area (Å²) in [5.74, 6) is -2.87. The van der Waals surface area contributed by atoms with Crippen LogP contribution in [0.25, 0.3) is 0 Å². The maximum Gasteiger partial charge on any atom is 0.255 e. The van der Waals surface area contributed by atoms with Gasteiger partial charge in [-0.1, -0.05) is 0 Å². The second-order valence-corrected chi connectivity index (χ2v) is 3.47. The van der Waals surface area contributed by atoms with Crippen LogP contribution in [0, 0.1) is 0 Å². The lowest BCUT2D eigenvalue weighted by Crippen LogP contribution is -2.27. The maximum atomic E-state index is 11.6. The number of carbonyl (C=O) groups excluding carboxylic acids is 2. The highest BCUT2D eigenvalue weighted by Crippen LogP contribution is 2.32. The highest BCUT2D eigenvalue weighted by Gasteiger charge is 2.19. The molecule has 0 fully saturated rings. The van der Waals surface area contributed by atoms with Crippen molar-refractivity contribution in [1.29, 1.82) is 0 Å². The number of methoxy groups -OCH3 is 1. The molecule has 0 spiro atoms. The molecule has 0 aliphatic heterocycles. The molecule has 5 N–H and O–H groups in total. The van der Waals surface area contributed by atoms with E-state index in [0.29, 0.717) is 6.61 Å². The van der Waals surface area contributed by atoms with Gasteiger partial charge in [0.25, 0.3) is 11.8 Å². The first-order valence-electron chi connectivity index (χ1n) is 5.11. The molecule has 0 aliphatic rings. The Bertz CT molecular complexity index is 473. The van der Waals surface area contributed by atoms with Crippen molar-refractivity contribution in [2.45, 2.75) is 0 Å². The molecule has 0 atom stereocenters. The Kier molecular flexibility index (Phi) is 4.50. The van der Waals surface area contributed by atoms with Crippen molar-refractivity contribution < 1.29 is 24.5 Å². The average molecular weight is 254 g/mol. The summed E-state index contributed by atoms with van der Waals surface area (Å²) in [5, 5.41) is 21.6. The highest BCUT2D eigenvalue weighted by atomic mass is 16.5. The first-order valence-corrected chi connectivity index (χ1v) is 5.11. The Morgan fingerprint density at radius 3 is 2.39 bits per heavy atom. The molecule has 0 unspecified atom stereocenters. The van der Waals surface area contributed by atoms with Crippen molar-refractivity contribution in [2.24, 2.45) is 5.73 Å². The molecule has 0 aromatic heterocycles. The molecule has 0 aliphatic carbocycles. The van der Waals surface area contributed by atoms with E-state index in [1.165, 1.54) is 19.2 Å². The van der Waals surface area contributed by atoms with E-state index < -0.39 is 23.3 Å². The second-order valence-electron chi connectivity index (χ2n) is 3.47. The summed E-state index contributed by atoms with van der Waals surface area (Å²) in [6, 6.07) is 2.37. The lowest BCUT2D eigenvalue weighted by molar-refractivity contribution is 0.0931. The minimum absolute atomic E-state index is 0.145. The summed E-state index contributed by atoms with van der Waals surface area (Å²) in [5.41, 5.74) is 4.59. The quantitative estimate of drug-likeness (QED) is 0.419. The molecule has 1 rings (SSSR count). The summed E-state index contributed by atoms with van der Waals surface area (Å²) in [6.45, 7) is 0.574. The minimum Gasteiger partial charge on any atom is -0.504 e. The Morgan fingerprint density at radius 1 is 1.28 bits per heavy atom. The van der Waals surface area contributed by atoms with Crippen LogP contribution in [0.3, 0.4) is 0 Å². The summed E-state index contributed by atoms with van der Waals surface area (Å²) in [4.78, 5) is 22.5. The van der Waals surface area contributed by atoms with Gasteiger partial charge in [0.05, 0.1) is 17.7 Å². The SMILES string of the molecule is COCCNC(=O)c1ccc(C(N)=O)c(O)c1O. The van der Waals surface area contributed by atoms with Crippen LogP contribution in [0.4, 0.5) is 0 Å². The number of ether oxygens (including phenoxy) is 1. The van der Waals surface area contributed by atoms with Crippen molar-refractivity contribution in [3.05, 3.63) is 23.3 Å². The van der Waals surface area contributed by atoms with E-state index >= 15 is 0 Å². The fourth-order valence-electron chi connectivity index (χ4n) is 1.32. The summed E-state index contributed by atoms with van der Waals surface area (Å²) >= 11 is 0. The molecule has 0 saturated heterocycles. The Labute approximate surface area is 103 Å². The largest absolute Gasteiger partial charge is 0.504 e. The third-order valence-electron chi connectivity index (χ3n) is 2.25. The summed E-state index contributed by atoms with van der Waals surface area (Å²) < 4.78 is 4.74. The standard InChI is InChI=1S/C11H14N2O5/c1-18-5-4-13-11(17)7-3-2-6(10(12)16)8(14)9(7)15/h2-3,14-15H,4-5H2,1H3,(H2,12,16)(H,13,17). The number of primary amides is 1. The second kappa shape index (κ2) is 5.87. The molecule has 0 heterocycles. The van der Waals surface area contributed by atoms with E-state index in [1.807, 2.05) is 0 Å². The van der Waals surface area contributed by atoms with E-state index in [4.69, 9.17) is 10.5 Å². The first kappa shape index (κ1) is 13.8. The van der Waals surface area contributed by atoms with Gasteiger partial charge in [-0.3, -0.25) is 9.59 Å². The van der Waals surface area contributed by atoms with Gasteiger partial charge >= 0.3 is 0 Å². The summed E-state index contributed by atoms with van der Waals surface area (Å²) in [6.07, 6.45) is 0. The first-order chi connectivity index (χ1) is 8.49. The van der Waals surface area contributed by atoms with Gasteiger partial charge in [-0.25, -0.2) is 0 Å². The lowest BCUT2D eigenvalue weighted by Gasteiger charge is -2.09. The van der Waals surface area contributed by atoms with Crippen LogP contribution in [0.5, 0.6) is 11.5 Å². The number of amides is 2. The number of benzene rings is 1. The van der Waals surface area contributed by atoms with Crippen LogP contribution in [0.2, 0.25) is 0 Å². The van der Waals surface area contributed by atoms with Crippen LogP contribution in [0.15, 0.2) is 12.1 Å². The molecule has 1 aromatic rings. The van der Waals surface area contributed by atoms with Crippen LogP contribution in [-0.2, 0) is 4.74 Å². The van der Waals surface area contributed by atoms with Crippen LogP contribution in [-0.4, -0.2) is 42.3 Å². The molecule has 7 nitrogen and oxygen atoms in total. The van der Waals surface area contributed by atoms with Crippen molar-refractivity contribution in [1.82, 2.24) is 5.32 Å². The predicted octanol–water partition coefficient (Wildman–Crippen LogP) is -0.427. The number of aromatic hydroxyl groups is 2. The zero-order chi connectivity index (χ0) is 13.7. The van der Waals surface area contributed by atoms with Gasteiger partial charge in [0.2, 0.25) is 0 Å². The molecule has 18 heavy (non-hydrogen) atoms. The third kappa shape index (κ3) is 2.89. The molecular formula is C11H14N2O5. The number of hydrogen-bond acceptors (Lipinski definition) is 5. The third-order valence-corrected chi connectivity index (χ3v) is 2.25. The van der Waals surface area contributed by atoms with Gasteiger partial charge < -0.3 is 26.0 Å². The zero-order valence-corrected chi connectivity index (χ0v) is 9.77. The van der Waals surface area contributed by atoms with Crippen LogP contribution in [0.1, 0.15) is 20.7 Å². The number of nitrogens with two attached hydrogens (primary N) is 1. The minimum atomic E-state index is -0.894. The van der Waals surface area contributed by atoms with Crippen molar-refractivity contribution >= 4 is 11.8 Å². The molecule has 0 radical (unpaired) electrons. The van der Waals surface area contributed by atoms with Crippen LogP contribution >= 0.6 is 0 Å². The van der Waals surface area contributed by atoms with Gasteiger partial charge in [0.15, 0.2) is 11.5 Å². The molecule has 2 amide bonds. The Morgan fingerprint density at radius 2 is 1.83 bits per heavy atom. The molecule has 7 heteroatoms. The van der Waals surface area contributed by atoms with E-state index in [0.717, 1.165) is 0 Å². The lowest BCUT2D eigenvalue weighted by atomic mass is 10.1. The molecule has 0 saturated carbocycles. The fraction of sp³-hybridized carbons (Fsp3) is 0.273.